The molecule has 1 aliphatic carbocycles. The summed E-state index contributed by atoms with van der Waals surface area (Å²) in [5.74, 6) is -0.0537. The molecular formula is C20H22BrN3O2. The average Bonchev–Trinajstić information content (AvgIpc) is 2.63. The molecule has 6 heteroatoms. The van der Waals surface area contributed by atoms with Crippen molar-refractivity contribution in [2.75, 3.05) is 10.6 Å². The summed E-state index contributed by atoms with van der Waals surface area (Å²) in [6.45, 7) is 0. The third kappa shape index (κ3) is 5.33. The molecule has 1 saturated carbocycles. The second-order valence-corrected chi connectivity index (χ2v) is 7.39. The summed E-state index contributed by atoms with van der Waals surface area (Å²) in [4.78, 5) is 24.4. The minimum atomic E-state index is -0.331. The van der Waals surface area contributed by atoms with Crippen LogP contribution in [-0.4, -0.2) is 18.0 Å². The van der Waals surface area contributed by atoms with Gasteiger partial charge in [0.15, 0.2) is 0 Å². The van der Waals surface area contributed by atoms with E-state index in [0.29, 0.717) is 16.9 Å². The second-order valence-electron chi connectivity index (χ2n) is 6.48. The molecule has 0 radical (unpaired) electrons. The molecule has 0 unspecified atom stereocenters. The highest BCUT2D eigenvalue weighted by molar-refractivity contribution is 9.10. The first-order valence-corrected chi connectivity index (χ1v) is 9.64. The summed E-state index contributed by atoms with van der Waals surface area (Å²) in [6.07, 6.45) is 5.73. The Bertz CT molecular complexity index is 771. The van der Waals surface area contributed by atoms with Crippen LogP contribution in [0.3, 0.4) is 0 Å². The van der Waals surface area contributed by atoms with E-state index in [9.17, 15) is 9.59 Å². The van der Waals surface area contributed by atoms with Gasteiger partial charge in [-0.3, -0.25) is 4.79 Å². The predicted molar refractivity (Wildman–Crippen MR) is 108 cm³/mol. The Morgan fingerprint density at radius 1 is 0.885 bits per heavy atom. The van der Waals surface area contributed by atoms with E-state index < -0.39 is 0 Å². The van der Waals surface area contributed by atoms with Crippen LogP contribution in [0.2, 0.25) is 0 Å². The molecule has 0 atom stereocenters. The van der Waals surface area contributed by atoms with E-state index in [2.05, 4.69) is 31.9 Å². The van der Waals surface area contributed by atoms with Crippen molar-refractivity contribution in [1.29, 1.82) is 0 Å². The zero-order valence-corrected chi connectivity index (χ0v) is 16.0. The van der Waals surface area contributed by atoms with Crippen LogP contribution in [0.25, 0.3) is 0 Å². The van der Waals surface area contributed by atoms with Crippen LogP contribution in [0.5, 0.6) is 0 Å². The third-order valence-corrected chi connectivity index (χ3v) is 4.92. The Morgan fingerprint density at radius 2 is 1.58 bits per heavy atom. The fourth-order valence-corrected chi connectivity index (χ4v) is 3.48. The van der Waals surface area contributed by atoms with Gasteiger partial charge in [-0.05, 0) is 55.3 Å². The van der Waals surface area contributed by atoms with Gasteiger partial charge in [-0.25, -0.2) is 4.79 Å². The highest BCUT2D eigenvalue weighted by atomic mass is 79.9. The zero-order valence-electron chi connectivity index (χ0n) is 14.4. The molecule has 2 aromatic carbocycles. The SMILES string of the molecule is O=C(Nc1ccc(C(=O)NC2CCCCC2)cc1)Nc1cccc(Br)c1. The van der Waals surface area contributed by atoms with Crippen molar-refractivity contribution in [2.24, 2.45) is 0 Å². The fraction of sp³-hybridized carbons (Fsp3) is 0.300. The lowest BCUT2D eigenvalue weighted by Gasteiger charge is -2.22. The molecule has 2 aromatic rings. The Hall–Kier alpha value is -2.34. The second kappa shape index (κ2) is 8.85. The van der Waals surface area contributed by atoms with E-state index in [1.807, 2.05) is 24.3 Å². The largest absolute Gasteiger partial charge is 0.349 e. The maximum Gasteiger partial charge on any atom is 0.323 e. The number of hydrogen-bond donors (Lipinski definition) is 3. The van der Waals surface area contributed by atoms with Gasteiger partial charge in [-0.15, -0.1) is 0 Å². The van der Waals surface area contributed by atoms with Crippen LogP contribution < -0.4 is 16.0 Å². The number of carbonyl (C=O) groups excluding carboxylic acids is 2. The summed E-state index contributed by atoms with van der Waals surface area (Å²) in [6, 6.07) is 14.2. The smallest absolute Gasteiger partial charge is 0.323 e. The first kappa shape index (κ1) is 18.5. The molecule has 3 N–H and O–H groups in total. The number of hydrogen-bond acceptors (Lipinski definition) is 2. The predicted octanol–water partition coefficient (Wildman–Crippen LogP) is 5.16. The maximum absolute atomic E-state index is 12.3. The zero-order chi connectivity index (χ0) is 18.4. The van der Waals surface area contributed by atoms with Crippen LogP contribution in [0.15, 0.2) is 53.0 Å². The van der Waals surface area contributed by atoms with Crippen LogP contribution in [-0.2, 0) is 0 Å². The molecule has 136 valence electrons. The van der Waals surface area contributed by atoms with Crippen LogP contribution in [0, 0.1) is 0 Å². The summed E-state index contributed by atoms with van der Waals surface area (Å²) < 4.78 is 0.892. The number of nitrogens with one attached hydrogen (secondary N) is 3. The van der Waals surface area contributed by atoms with E-state index >= 15 is 0 Å². The van der Waals surface area contributed by atoms with Crippen molar-refractivity contribution < 1.29 is 9.59 Å². The lowest BCUT2D eigenvalue weighted by Crippen LogP contribution is -2.36. The van der Waals surface area contributed by atoms with Gasteiger partial charge in [0.05, 0.1) is 0 Å². The molecule has 1 aliphatic rings. The summed E-state index contributed by atoms with van der Waals surface area (Å²) in [5, 5.41) is 8.61. The Balaban J connectivity index is 1.53. The monoisotopic (exact) mass is 415 g/mol. The molecule has 1 fully saturated rings. The molecule has 0 aliphatic heterocycles. The standard InChI is InChI=1S/C20H22BrN3O2/c21-15-5-4-8-18(13-15)24-20(26)23-17-11-9-14(10-12-17)19(25)22-16-6-2-1-3-7-16/h4-5,8-13,16H,1-3,6-7H2,(H,22,25)(H2,23,24,26). The molecule has 5 nitrogen and oxygen atoms in total. The van der Waals surface area contributed by atoms with Gasteiger partial charge in [0.25, 0.3) is 5.91 Å². The van der Waals surface area contributed by atoms with Gasteiger partial charge in [0.2, 0.25) is 0 Å². The Morgan fingerprint density at radius 3 is 2.27 bits per heavy atom. The molecule has 0 saturated heterocycles. The minimum absolute atomic E-state index is 0.0537. The maximum atomic E-state index is 12.3. The Labute approximate surface area is 161 Å². The van der Waals surface area contributed by atoms with Crippen molar-refractivity contribution in [3.63, 3.8) is 0 Å². The van der Waals surface area contributed by atoms with Crippen molar-refractivity contribution in [1.82, 2.24) is 5.32 Å². The molecule has 0 bridgehead atoms. The van der Waals surface area contributed by atoms with Gasteiger partial charge >= 0.3 is 6.03 Å². The van der Waals surface area contributed by atoms with E-state index in [1.165, 1.54) is 19.3 Å². The molecule has 26 heavy (non-hydrogen) atoms. The number of amides is 3. The summed E-state index contributed by atoms with van der Waals surface area (Å²) in [5.41, 5.74) is 1.93. The van der Waals surface area contributed by atoms with E-state index in [-0.39, 0.29) is 18.0 Å². The van der Waals surface area contributed by atoms with E-state index in [0.717, 1.165) is 17.3 Å². The fourth-order valence-electron chi connectivity index (χ4n) is 3.08. The number of carbonyl (C=O) groups is 2. The number of rotatable bonds is 4. The van der Waals surface area contributed by atoms with Crippen molar-refractivity contribution in [3.8, 4) is 0 Å². The van der Waals surface area contributed by atoms with Crippen molar-refractivity contribution in [3.05, 3.63) is 58.6 Å². The average molecular weight is 416 g/mol. The number of halogens is 1. The van der Waals surface area contributed by atoms with Gasteiger partial charge in [0, 0.05) is 27.5 Å². The molecule has 0 aromatic heterocycles. The summed E-state index contributed by atoms with van der Waals surface area (Å²) in [7, 11) is 0. The normalized spacial score (nSPS) is 14.5. The summed E-state index contributed by atoms with van der Waals surface area (Å²) >= 11 is 3.37. The van der Waals surface area contributed by atoms with Crippen LogP contribution in [0.1, 0.15) is 42.5 Å². The van der Waals surface area contributed by atoms with Crippen LogP contribution >= 0.6 is 15.9 Å². The number of benzene rings is 2. The van der Waals surface area contributed by atoms with Gasteiger partial charge in [-0.1, -0.05) is 41.3 Å². The van der Waals surface area contributed by atoms with Gasteiger partial charge in [0.1, 0.15) is 0 Å². The van der Waals surface area contributed by atoms with Crippen molar-refractivity contribution >= 4 is 39.2 Å². The molecular weight excluding hydrogens is 394 g/mol. The molecule has 3 amide bonds. The van der Waals surface area contributed by atoms with E-state index in [1.54, 1.807) is 24.3 Å². The molecule has 0 spiro atoms. The first-order valence-electron chi connectivity index (χ1n) is 8.85. The quantitative estimate of drug-likeness (QED) is 0.645. The minimum Gasteiger partial charge on any atom is -0.349 e. The molecule has 3 rings (SSSR count). The first-order chi connectivity index (χ1) is 12.6. The van der Waals surface area contributed by atoms with Crippen LogP contribution in [0.4, 0.5) is 16.2 Å². The van der Waals surface area contributed by atoms with Gasteiger partial charge < -0.3 is 16.0 Å². The lowest BCUT2D eigenvalue weighted by molar-refractivity contribution is 0.0927. The number of urea groups is 1. The van der Waals surface area contributed by atoms with Crippen molar-refractivity contribution in [2.45, 2.75) is 38.1 Å². The highest BCUT2D eigenvalue weighted by Crippen LogP contribution is 2.19. The topological polar surface area (TPSA) is 70.2 Å². The number of anilines is 2. The van der Waals surface area contributed by atoms with E-state index in [4.69, 9.17) is 0 Å². The molecule has 0 heterocycles. The third-order valence-electron chi connectivity index (χ3n) is 4.43. The highest BCUT2D eigenvalue weighted by Gasteiger charge is 2.16. The van der Waals surface area contributed by atoms with Gasteiger partial charge in [-0.2, -0.15) is 0 Å². The Kier molecular flexibility index (Phi) is 6.28. The lowest BCUT2D eigenvalue weighted by atomic mass is 9.95.